The van der Waals surface area contributed by atoms with Gasteiger partial charge in [0.15, 0.2) is 5.82 Å². The normalized spacial score (nSPS) is 14.7. The number of anilines is 1. The first-order chi connectivity index (χ1) is 8.78. The van der Waals surface area contributed by atoms with Gasteiger partial charge in [-0.1, -0.05) is 11.6 Å². The van der Waals surface area contributed by atoms with Crippen LogP contribution in [0.4, 0.5) is 5.82 Å². The van der Waals surface area contributed by atoms with Crippen molar-refractivity contribution in [3.8, 4) is 0 Å². The van der Waals surface area contributed by atoms with Gasteiger partial charge >= 0.3 is 0 Å². The third-order valence-electron chi connectivity index (χ3n) is 2.97. The van der Waals surface area contributed by atoms with E-state index in [0.29, 0.717) is 17.4 Å². The molecule has 0 atom stereocenters. The molecule has 0 aliphatic carbocycles. The molecular weight excluding hydrogens is 273 g/mol. The average molecular weight is 284 g/mol. The van der Waals surface area contributed by atoms with Crippen molar-refractivity contribution in [2.75, 3.05) is 11.4 Å². The molecule has 0 bridgehead atoms. The zero-order chi connectivity index (χ0) is 12.5. The van der Waals surface area contributed by atoms with E-state index in [1.807, 2.05) is 10.6 Å². The fourth-order valence-corrected chi connectivity index (χ4v) is 2.48. The summed E-state index contributed by atoms with van der Waals surface area (Å²) < 4.78 is 2.04. The van der Waals surface area contributed by atoms with Crippen LogP contribution in [-0.2, 0) is 19.0 Å². The lowest BCUT2D eigenvalue weighted by Crippen LogP contribution is -2.34. The summed E-state index contributed by atoms with van der Waals surface area (Å²) in [6.45, 7) is 2.36. The number of rotatable bonds is 2. The molecule has 0 spiro atoms. The highest BCUT2D eigenvalue weighted by molar-refractivity contribution is 6.33. The number of nitrogens with zero attached hydrogens (tertiary/aromatic N) is 5. The van der Waals surface area contributed by atoms with Crippen molar-refractivity contribution in [1.82, 2.24) is 19.7 Å². The highest BCUT2D eigenvalue weighted by atomic mass is 35.5. The van der Waals surface area contributed by atoms with Crippen LogP contribution in [0, 0.1) is 0 Å². The lowest BCUT2D eigenvalue weighted by atomic mass is 10.3. The lowest BCUT2D eigenvalue weighted by molar-refractivity contribution is 0.556. The second-order valence-corrected chi connectivity index (χ2v) is 4.82. The van der Waals surface area contributed by atoms with Crippen LogP contribution >= 0.6 is 23.2 Å². The topological polar surface area (TPSA) is 46.8 Å². The van der Waals surface area contributed by atoms with Gasteiger partial charge in [0.05, 0.1) is 11.6 Å². The van der Waals surface area contributed by atoms with Crippen molar-refractivity contribution >= 4 is 29.0 Å². The SMILES string of the molecule is ClCc1cnc(N2CCn3cnnc3C2)c(Cl)c1. The molecule has 1 aliphatic rings. The predicted octanol–water partition coefficient (Wildman–Crippen LogP) is 2.09. The molecule has 5 nitrogen and oxygen atoms in total. The van der Waals surface area contributed by atoms with Gasteiger partial charge in [0.25, 0.3) is 0 Å². The fraction of sp³-hybridized carbons (Fsp3) is 0.364. The molecule has 2 aromatic rings. The smallest absolute Gasteiger partial charge is 0.152 e. The van der Waals surface area contributed by atoms with E-state index in [0.717, 1.165) is 30.3 Å². The third kappa shape index (κ3) is 2.04. The van der Waals surface area contributed by atoms with Crippen molar-refractivity contribution in [2.24, 2.45) is 0 Å². The summed E-state index contributed by atoms with van der Waals surface area (Å²) in [5, 5.41) is 8.60. The molecule has 2 aromatic heterocycles. The monoisotopic (exact) mass is 283 g/mol. The first-order valence-electron chi connectivity index (χ1n) is 5.60. The second-order valence-electron chi connectivity index (χ2n) is 4.14. The Morgan fingerprint density at radius 3 is 3.00 bits per heavy atom. The molecule has 0 radical (unpaired) electrons. The van der Waals surface area contributed by atoms with E-state index < -0.39 is 0 Å². The molecule has 0 unspecified atom stereocenters. The summed E-state index contributed by atoms with van der Waals surface area (Å²) in [6.07, 6.45) is 3.51. The maximum atomic E-state index is 6.24. The van der Waals surface area contributed by atoms with Gasteiger partial charge < -0.3 is 9.47 Å². The van der Waals surface area contributed by atoms with Gasteiger partial charge in [-0.25, -0.2) is 4.98 Å². The van der Waals surface area contributed by atoms with Crippen LogP contribution in [0.15, 0.2) is 18.6 Å². The standard InChI is InChI=1S/C11H11Cl2N5/c12-4-8-3-9(13)11(14-5-8)17-1-2-18-7-15-16-10(18)6-17/h3,5,7H,1-2,4,6H2. The zero-order valence-corrected chi connectivity index (χ0v) is 11.1. The van der Waals surface area contributed by atoms with Gasteiger partial charge in [-0.05, 0) is 11.6 Å². The van der Waals surface area contributed by atoms with Gasteiger partial charge in [0.2, 0.25) is 0 Å². The van der Waals surface area contributed by atoms with Crippen LogP contribution < -0.4 is 4.90 Å². The Labute approximate surface area is 114 Å². The molecule has 0 fully saturated rings. The molecule has 1 aliphatic heterocycles. The second kappa shape index (κ2) is 4.74. The summed E-state index contributed by atoms with van der Waals surface area (Å²) in [7, 11) is 0. The van der Waals surface area contributed by atoms with Gasteiger partial charge in [-0.15, -0.1) is 21.8 Å². The zero-order valence-electron chi connectivity index (χ0n) is 9.55. The van der Waals surface area contributed by atoms with E-state index in [4.69, 9.17) is 23.2 Å². The molecule has 0 amide bonds. The van der Waals surface area contributed by atoms with Crippen LogP contribution in [0.25, 0.3) is 0 Å². The van der Waals surface area contributed by atoms with Gasteiger partial charge in [-0.3, -0.25) is 0 Å². The van der Waals surface area contributed by atoms with Gasteiger partial charge in [0.1, 0.15) is 12.1 Å². The van der Waals surface area contributed by atoms with Gasteiger partial charge in [0, 0.05) is 25.2 Å². The molecule has 0 saturated heterocycles. The number of aromatic nitrogens is 4. The first kappa shape index (κ1) is 11.7. The summed E-state index contributed by atoms with van der Waals surface area (Å²) in [4.78, 5) is 6.48. The maximum Gasteiger partial charge on any atom is 0.152 e. The molecule has 0 N–H and O–H groups in total. The highest BCUT2D eigenvalue weighted by Crippen LogP contribution is 2.27. The summed E-state index contributed by atoms with van der Waals surface area (Å²) in [5.41, 5.74) is 0.922. The van der Waals surface area contributed by atoms with Crippen LogP contribution in [-0.4, -0.2) is 26.3 Å². The van der Waals surface area contributed by atoms with Crippen molar-refractivity contribution in [3.05, 3.63) is 35.0 Å². The first-order valence-corrected chi connectivity index (χ1v) is 6.51. The number of hydrogen-bond acceptors (Lipinski definition) is 4. The molecule has 0 saturated carbocycles. The average Bonchev–Trinajstić information content (AvgIpc) is 2.85. The number of halogens is 2. The molecular formula is C11H11Cl2N5. The Kier molecular flexibility index (Phi) is 3.09. The summed E-state index contributed by atoms with van der Waals surface area (Å²) in [5.74, 6) is 2.13. The van der Waals surface area contributed by atoms with E-state index >= 15 is 0 Å². The third-order valence-corrected chi connectivity index (χ3v) is 3.56. The molecule has 18 heavy (non-hydrogen) atoms. The minimum Gasteiger partial charge on any atom is -0.346 e. The van der Waals surface area contributed by atoms with E-state index in [9.17, 15) is 0 Å². The number of hydrogen-bond donors (Lipinski definition) is 0. The molecule has 3 heterocycles. The van der Waals surface area contributed by atoms with Crippen molar-refractivity contribution in [3.63, 3.8) is 0 Å². The number of pyridine rings is 1. The predicted molar refractivity (Wildman–Crippen MR) is 69.9 cm³/mol. The fourth-order valence-electron chi connectivity index (χ4n) is 2.02. The van der Waals surface area contributed by atoms with Crippen LogP contribution in [0.2, 0.25) is 5.02 Å². The number of alkyl halides is 1. The molecule has 0 aromatic carbocycles. The Morgan fingerprint density at radius 1 is 1.33 bits per heavy atom. The molecule has 3 rings (SSSR count). The quantitative estimate of drug-likeness (QED) is 0.792. The Hall–Kier alpha value is -1.33. The van der Waals surface area contributed by atoms with Crippen LogP contribution in [0.5, 0.6) is 0 Å². The van der Waals surface area contributed by atoms with Gasteiger partial charge in [-0.2, -0.15) is 0 Å². The maximum absolute atomic E-state index is 6.24. The minimum absolute atomic E-state index is 0.418. The Balaban J connectivity index is 1.88. The van der Waals surface area contributed by atoms with E-state index in [2.05, 4.69) is 20.1 Å². The largest absolute Gasteiger partial charge is 0.346 e. The number of fused-ring (bicyclic) bond motifs is 1. The Bertz CT molecular complexity index is 568. The molecule has 7 heteroatoms. The molecule has 94 valence electrons. The summed E-state index contributed by atoms with van der Waals surface area (Å²) in [6, 6.07) is 1.86. The van der Waals surface area contributed by atoms with Crippen molar-refractivity contribution < 1.29 is 0 Å². The van der Waals surface area contributed by atoms with Crippen molar-refractivity contribution in [2.45, 2.75) is 19.0 Å². The van der Waals surface area contributed by atoms with Crippen molar-refractivity contribution in [1.29, 1.82) is 0 Å². The highest BCUT2D eigenvalue weighted by Gasteiger charge is 2.20. The van der Waals surface area contributed by atoms with E-state index in [-0.39, 0.29) is 0 Å². The van der Waals surface area contributed by atoms with Crippen LogP contribution in [0.3, 0.4) is 0 Å². The van der Waals surface area contributed by atoms with E-state index in [1.165, 1.54) is 0 Å². The Morgan fingerprint density at radius 2 is 2.22 bits per heavy atom. The van der Waals surface area contributed by atoms with Crippen LogP contribution in [0.1, 0.15) is 11.4 Å². The lowest BCUT2D eigenvalue weighted by Gasteiger charge is -2.28. The minimum atomic E-state index is 0.418. The van der Waals surface area contributed by atoms with E-state index in [1.54, 1.807) is 12.5 Å². The summed E-state index contributed by atoms with van der Waals surface area (Å²) >= 11 is 12.0.